The maximum Gasteiger partial charge on any atom is 0.274 e. The lowest BCUT2D eigenvalue weighted by Crippen LogP contribution is -2.36. The summed E-state index contributed by atoms with van der Waals surface area (Å²) in [6, 6.07) is 3.46. The standard InChI is InChI=1S/C22H29FN2O4S/c1-13(24-14(2)26)11-27-16-5-7-17(8-6-16)29-19-10-9-18-21(20(19)23)30-22(25-18)28-12-15-3-4-15/h9-10,13,15-17H,3-8,11-12H2,1-2H3,(H,24,26)/t13-,16-,17-/m0/s1. The Hall–Kier alpha value is -1.93. The Balaban J connectivity index is 1.28. The number of nitrogens with zero attached hydrogens (tertiary/aromatic N) is 1. The molecule has 0 saturated heterocycles. The fourth-order valence-electron chi connectivity index (χ4n) is 3.71. The molecule has 4 rings (SSSR count). The van der Waals surface area contributed by atoms with Gasteiger partial charge in [0.05, 0.1) is 35.6 Å². The van der Waals surface area contributed by atoms with Crippen molar-refractivity contribution in [3.05, 3.63) is 17.9 Å². The van der Waals surface area contributed by atoms with Crippen LogP contribution in [0, 0.1) is 11.7 Å². The van der Waals surface area contributed by atoms with Crippen LogP contribution in [0.2, 0.25) is 0 Å². The maximum atomic E-state index is 15.0. The van der Waals surface area contributed by atoms with Crippen molar-refractivity contribution in [3.63, 3.8) is 0 Å². The molecule has 0 radical (unpaired) electrons. The van der Waals surface area contributed by atoms with Gasteiger partial charge in [0, 0.05) is 13.0 Å². The predicted octanol–water partition coefficient (Wildman–Crippen LogP) is 4.46. The highest BCUT2D eigenvalue weighted by atomic mass is 32.1. The van der Waals surface area contributed by atoms with Crippen molar-refractivity contribution < 1.29 is 23.4 Å². The number of fused-ring (bicyclic) bond motifs is 1. The van der Waals surface area contributed by atoms with E-state index in [1.807, 2.05) is 6.92 Å². The summed E-state index contributed by atoms with van der Waals surface area (Å²) in [6.45, 7) is 4.60. The molecule has 1 aromatic heterocycles. The van der Waals surface area contributed by atoms with E-state index in [0.717, 1.165) is 25.7 Å². The van der Waals surface area contributed by atoms with Gasteiger partial charge in [-0.3, -0.25) is 4.79 Å². The van der Waals surface area contributed by atoms with E-state index in [0.29, 0.717) is 34.5 Å². The molecule has 0 spiro atoms. The molecule has 1 aromatic carbocycles. The van der Waals surface area contributed by atoms with Crippen LogP contribution in [-0.2, 0) is 9.53 Å². The number of halogens is 1. The summed E-state index contributed by atoms with van der Waals surface area (Å²) in [5.74, 6) is 0.510. The Kier molecular flexibility index (Phi) is 6.73. The average molecular weight is 437 g/mol. The third kappa shape index (κ3) is 5.60. The molecule has 1 heterocycles. The van der Waals surface area contributed by atoms with E-state index in [1.165, 1.54) is 31.1 Å². The molecular weight excluding hydrogens is 407 g/mol. The van der Waals surface area contributed by atoms with Crippen LogP contribution >= 0.6 is 11.3 Å². The predicted molar refractivity (Wildman–Crippen MR) is 114 cm³/mol. The van der Waals surface area contributed by atoms with Crippen molar-refractivity contribution in [3.8, 4) is 10.9 Å². The second-order valence-corrected chi connectivity index (χ2v) is 9.37. The van der Waals surface area contributed by atoms with Gasteiger partial charge in [0.15, 0.2) is 11.6 Å². The van der Waals surface area contributed by atoms with Gasteiger partial charge >= 0.3 is 0 Å². The van der Waals surface area contributed by atoms with E-state index >= 15 is 0 Å². The van der Waals surface area contributed by atoms with Crippen LogP contribution in [0.1, 0.15) is 52.4 Å². The lowest BCUT2D eigenvalue weighted by Gasteiger charge is -2.30. The normalized spacial score (nSPS) is 22.6. The van der Waals surface area contributed by atoms with Gasteiger partial charge in [-0.15, -0.1) is 0 Å². The Bertz CT molecular complexity index is 877. The van der Waals surface area contributed by atoms with Gasteiger partial charge in [0.2, 0.25) is 5.91 Å². The molecule has 1 amide bonds. The first-order valence-electron chi connectivity index (χ1n) is 10.7. The molecule has 164 valence electrons. The Morgan fingerprint density at radius 3 is 2.67 bits per heavy atom. The van der Waals surface area contributed by atoms with E-state index in [1.54, 1.807) is 12.1 Å². The summed E-state index contributed by atoms with van der Waals surface area (Å²) in [4.78, 5) is 15.5. The van der Waals surface area contributed by atoms with Crippen LogP contribution < -0.4 is 14.8 Å². The number of carbonyl (C=O) groups is 1. The molecule has 2 saturated carbocycles. The molecule has 2 aromatic rings. The molecule has 6 nitrogen and oxygen atoms in total. The van der Waals surface area contributed by atoms with Gasteiger partial charge in [0.1, 0.15) is 0 Å². The summed E-state index contributed by atoms with van der Waals surface area (Å²) in [5.41, 5.74) is 0.612. The molecule has 0 unspecified atom stereocenters. The molecular formula is C22H29FN2O4S. The number of hydrogen-bond donors (Lipinski definition) is 1. The molecule has 8 heteroatoms. The molecule has 2 aliphatic carbocycles. The second kappa shape index (κ2) is 9.47. The van der Waals surface area contributed by atoms with Crippen molar-refractivity contribution in [1.82, 2.24) is 10.3 Å². The first kappa shape index (κ1) is 21.3. The number of hydrogen-bond acceptors (Lipinski definition) is 6. The third-order valence-corrected chi connectivity index (χ3v) is 6.50. The second-order valence-electron chi connectivity index (χ2n) is 8.41. The number of ether oxygens (including phenoxy) is 3. The molecule has 2 aliphatic rings. The van der Waals surface area contributed by atoms with E-state index in [9.17, 15) is 9.18 Å². The summed E-state index contributed by atoms with van der Waals surface area (Å²) in [5, 5.41) is 3.35. The first-order chi connectivity index (χ1) is 14.5. The van der Waals surface area contributed by atoms with Crippen LogP contribution in [-0.4, -0.2) is 42.4 Å². The SMILES string of the molecule is CC(=O)N[C@@H](C)CO[C@H]1CC[C@H](Oc2ccc3nc(OCC4CC4)sc3c2F)CC1. The largest absolute Gasteiger partial charge is 0.487 e. The first-order valence-corrected chi connectivity index (χ1v) is 11.6. The Labute approximate surface area is 180 Å². The van der Waals surface area contributed by atoms with E-state index in [2.05, 4.69) is 10.3 Å². The fourth-order valence-corrected chi connectivity index (χ4v) is 4.57. The highest BCUT2D eigenvalue weighted by Gasteiger charge is 2.26. The molecule has 2 fully saturated rings. The highest BCUT2D eigenvalue weighted by molar-refractivity contribution is 7.20. The van der Waals surface area contributed by atoms with Crippen LogP contribution in [0.5, 0.6) is 10.9 Å². The quantitative estimate of drug-likeness (QED) is 0.629. The molecule has 1 atom stereocenters. The number of nitrogens with one attached hydrogen (secondary N) is 1. The van der Waals surface area contributed by atoms with Crippen LogP contribution in [0.25, 0.3) is 10.2 Å². The fraction of sp³-hybridized carbons (Fsp3) is 0.636. The van der Waals surface area contributed by atoms with Crippen LogP contribution in [0.4, 0.5) is 4.39 Å². The minimum Gasteiger partial charge on any atom is -0.487 e. The highest BCUT2D eigenvalue weighted by Crippen LogP contribution is 2.37. The van der Waals surface area contributed by atoms with Crippen LogP contribution in [0.15, 0.2) is 12.1 Å². The van der Waals surface area contributed by atoms with Gasteiger partial charge in [-0.2, -0.15) is 0 Å². The van der Waals surface area contributed by atoms with Crippen molar-refractivity contribution >= 4 is 27.5 Å². The molecule has 30 heavy (non-hydrogen) atoms. The number of carbonyl (C=O) groups excluding carboxylic acids is 1. The number of rotatable bonds is 9. The zero-order valence-corrected chi connectivity index (χ0v) is 18.3. The van der Waals surface area contributed by atoms with E-state index < -0.39 is 0 Å². The van der Waals surface area contributed by atoms with E-state index in [4.69, 9.17) is 14.2 Å². The average Bonchev–Trinajstić information content (AvgIpc) is 3.45. The van der Waals surface area contributed by atoms with Gasteiger partial charge in [-0.05, 0) is 63.5 Å². The lowest BCUT2D eigenvalue weighted by atomic mass is 9.95. The summed E-state index contributed by atoms with van der Waals surface area (Å²) >= 11 is 1.25. The van der Waals surface area contributed by atoms with Crippen molar-refractivity contribution in [2.24, 2.45) is 5.92 Å². The van der Waals surface area contributed by atoms with E-state index in [-0.39, 0.29) is 35.7 Å². The van der Waals surface area contributed by atoms with Gasteiger partial charge in [-0.25, -0.2) is 9.37 Å². The number of aromatic nitrogens is 1. The zero-order valence-electron chi connectivity index (χ0n) is 17.5. The summed E-state index contributed by atoms with van der Waals surface area (Å²) in [7, 11) is 0. The van der Waals surface area contributed by atoms with Gasteiger partial charge < -0.3 is 19.5 Å². The Morgan fingerprint density at radius 2 is 1.97 bits per heavy atom. The smallest absolute Gasteiger partial charge is 0.274 e. The maximum absolute atomic E-state index is 15.0. The lowest BCUT2D eigenvalue weighted by molar-refractivity contribution is -0.120. The van der Waals surface area contributed by atoms with Gasteiger partial charge in [-0.1, -0.05) is 11.3 Å². The number of benzene rings is 1. The van der Waals surface area contributed by atoms with Crippen molar-refractivity contribution in [2.45, 2.75) is 70.6 Å². The van der Waals surface area contributed by atoms with Crippen molar-refractivity contribution in [2.75, 3.05) is 13.2 Å². The molecule has 0 bridgehead atoms. The molecule has 0 aliphatic heterocycles. The topological polar surface area (TPSA) is 69.7 Å². The summed E-state index contributed by atoms with van der Waals surface area (Å²) < 4.78 is 33.0. The van der Waals surface area contributed by atoms with Crippen LogP contribution in [0.3, 0.4) is 0 Å². The zero-order chi connectivity index (χ0) is 21.1. The molecule has 1 N–H and O–H groups in total. The van der Waals surface area contributed by atoms with Crippen molar-refractivity contribution in [1.29, 1.82) is 0 Å². The van der Waals surface area contributed by atoms with Gasteiger partial charge in [0.25, 0.3) is 5.19 Å². The summed E-state index contributed by atoms with van der Waals surface area (Å²) in [6.07, 6.45) is 5.90. The monoisotopic (exact) mass is 436 g/mol. The number of amides is 1. The third-order valence-electron chi connectivity index (χ3n) is 5.53. The minimum absolute atomic E-state index is 0.00477. The number of thiazole rings is 1. The Morgan fingerprint density at radius 1 is 1.23 bits per heavy atom. The minimum atomic E-state index is -0.353.